The van der Waals surface area contributed by atoms with Crippen LogP contribution in [0.15, 0.2) is 22.7 Å². The Morgan fingerprint density at radius 3 is 2.52 bits per heavy atom. The highest BCUT2D eigenvalue weighted by Crippen LogP contribution is 2.26. The molecular formula is C14H19BrINO3S. The van der Waals surface area contributed by atoms with Crippen molar-refractivity contribution in [2.75, 3.05) is 7.11 Å². The molecule has 0 aromatic heterocycles. The Kier molecular flexibility index (Phi) is 7.29. The van der Waals surface area contributed by atoms with Crippen molar-refractivity contribution in [3.63, 3.8) is 0 Å². The third-order valence-corrected chi connectivity index (χ3v) is 5.38. The molecule has 7 heteroatoms. The van der Waals surface area contributed by atoms with E-state index in [0.717, 1.165) is 13.6 Å². The molecule has 1 rings (SSSR count). The van der Waals surface area contributed by atoms with Crippen molar-refractivity contribution in [2.24, 2.45) is 0 Å². The second-order valence-corrected chi connectivity index (χ2v) is 9.69. The minimum Gasteiger partial charge on any atom is -0.469 e. The first-order valence-corrected chi connectivity index (χ1v) is 9.36. The minimum absolute atomic E-state index is 0.130. The van der Waals surface area contributed by atoms with Gasteiger partial charge in [-0.05, 0) is 67.1 Å². The first-order chi connectivity index (χ1) is 9.63. The van der Waals surface area contributed by atoms with Crippen LogP contribution < -0.4 is 4.72 Å². The summed E-state index contributed by atoms with van der Waals surface area (Å²) in [6.45, 7) is 5.65. The van der Waals surface area contributed by atoms with Gasteiger partial charge in [0.15, 0.2) is 0 Å². The van der Waals surface area contributed by atoms with Crippen molar-refractivity contribution in [1.82, 2.24) is 4.72 Å². The maximum atomic E-state index is 12.3. The van der Waals surface area contributed by atoms with Crippen LogP contribution in [0.4, 0.5) is 0 Å². The van der Waals surface area contributed by atoms with Gasteiger partial charge in [0.2, 0.25) is 0 Å². The Balaban J connectivity index is 3.07. The third-order valence-electron chi connectivity index (χ3n) is 2.69. The lowest BCUT2D eigenvalue weighted by molar-refractivity contribution is -0.141. The van der Waals surface area contributed by atoms with E-state index in [1.54, 1.807) is 0 Å². The molecule has 2 atom stereocenters. The summed E-state index contributed by atoms with van der Waals surface area (Å²) in [5.41, 5.74) is 0.900. The van der Waals surface area contributed by atoms with Crippen LogP contribution in [0, 0.1) is 3.57 Å². The van der Waals surface area contributed by atoms with Gasteiger partial charge in [-0.15, -0.1) is 0 Å². The molecule has 1 aromatic carbocycles. The molecule has 4 nitrogen and oxygen atoms in total. The van der Waals surface area contributed by atoms with Gasteiger partial charge < -0.3 is 4.74 Å². The van der Waals surface area contributed by atoms with Gasteiger partial charge in [0.05, 0.1) is 35.3 Å². The summed E-state index contributed by atoms with van der Waals surface area (Å²) in [4.78, 5) is 11.6. The summed E-state index contributed by atoms with van der Waals surface area (Å²) in [7, 11) is 0.0769. The normalized spacial score (nSPS) is 14.6. The maximum absolute atomic E-state index is 12.3. The van der Waals surface area contributed by atoms with E-state index in [9.17, 15) is 9.00 Å². The predicted molar refractivity (Wildman–Crippen MR) is 97.3 cm³/mol. The van der Waals surface area contributed by atoms with Crippen molar-refractivity contribution >= 4 is 55.5 Å². The Labute approximate surface area is 150 Å². The molecule has 0 saturated heterocycles. The van der Waals surface area contributed by atoms with Crippen LogP contribution in [0.2, 0.25) is 0 Å². The first-order valence-electron chi connectivity index (χ1n) is 6.34. The van der Waals surface area contributed by atoms with Gasteiger partial charge in [0.1, 0.15) is 0 Å². The smallest absolute Gasteiger partial charge is 0.307 e. The summed E-state index contributed by atoms with van der Waals surface area (Å²) < 4.78 is 21.6. The van der Waals surface area contributed by atoms with Gasteiger partial charge in [-0.25, -0.2) is 8.93 Å². The van der Waals surface area contributed by atoms with Gasteiger partial charge in [-0.2, -0.15) is 0 Å². The van der Waals surface area contributed by atoms with Crippen LogP contribution in [-0.4, -0.2) is 22.0 Å². The molecule has 0 radical (unpaired) electrons. The van der Waals surface area contributed by atoms with Crippen LogP contribution in [0.25, 0.3) is 0 Å². The Morgan fingerprint density at radius 2 is 2.05 bits per heavy atom. The lowest BCUT2D eigenvalue weighted by atomic mass is 10.1. The second kappa shape index (κ2) is 8.03. The molecule has 0 spiro atoms. The predicted octanol–water partition coefficient (Wildman–Crippen LogP) is 3.71. The highest BCUT2D eigenvalue weighted by Gasteiger charge is 2.25. The van der Waals surface area contributed by atoms with Crippen molar-refractivity contribution < 1.29 is 13.7 Å². The molecule has 0 aliphatic carbocycles. The van der Waals surface area contributed by atoms with Gasteiger partial charge in [-0.1, -0.05) is 15.9 Å². The fourth-order valence-electron chi connectivity index (χ4n) is 1.56. The van der Waals surface area contributed by atoms with Gasteiger partial charge in [0, 0.05) is 8.04 Å². The number of ether oxygens (including phenoxy) is 1. The van der Waals surface area contributed by atoms with E-state index < -0.39 is 15.7 Å². The average Bonchev–Trinajstić information content (AvgIpc) is 2.35. The quantitative estimate of drug-likeness (QED) is 0.508. The van der Waals surface area contributed by atoms with E-state index in [1.807, 2.05) is 39.0 Å². The molecule has 1 unspecified atom stereocenters. The van der Waals surface area contributed by atoms with Crippen molar-refractivity contribution in [3.05, 3.63) is 31.8 Å². The van der Waals surface area contributed by atoms with Crippen LogP contribution in [0.3, 0.4) is 0 Å². The van der Waals surface area contributed by atoms with Crippen LogP contribution in [-0.2, 0) is 20.5 Å². The van der Waals surface area contributed by atoms with Gasteiger partial charge in [-0.3, -0.25) is 4.79 Å². The molecule has 21 heavy (non-hydrogen) atoms. The first kappa shape index (κ1) is 19.1. The Bertz CT molecular complexity index is 525. The lowest BCUT2D eigenvalue weighted by Crippen LogP contribution is -2.36. The number of hydrogen-bond donors (Lipinski definition) is 1. The van der Waals surface area contributed by atoms with Crippen LogP contribution in [0.5, 0.6) is 0 Å². The number of nitrogens with one attached hydrogen (secondary N) is 1. The maximum Gasteiger partial charge on any atom is 0.307 e. The molecular weight excluding hydrogens is 469 g/mol. The fourth-order valence-corrected chi connectivity index (χ4v) is 4.03. The van der Waals surface area contributed by atoms with Gasteiger partial charge in [0.25, 0.3) is 0 Å². The number of esters is 1. The highest BCUT2D eigenvalue weighted by molar-refractivity contribution is 14.1. The monoisotopic (exact) mass is 487 g/mol. The van der Waals surface area contributed by atoms with E-state index >= 15 is 0 Å². The molecule has 0 saturated carbocycles. The van der Waals surface area contributed by atoms with E-state index in [4.69, 9.17) is 4.74 Å². The van der Waals surface area contributed by atoms with Crippen molar-refractivity contribution in [3.8, 4) is 0 Å². The van der Waals surface area contributed by atoms with E-state index in [-0.39, 0.29) is 18.4 Å². The fraction of sp³-hybridized carbons (Fsp3) is 0.500. The number of carbonyl (C=O) groups excluding carboxylic acids is 1. The van der Waals surface area contributed by atoms with E-state index in [2.05, 4.69) is 43.2 Å². The van der Waals surface area contributed by atoms with Crippen LogP contribution >= 0.6 is 38.5 Å². The standard InChI is InChI=1S/C14H19BrINO3S/c1-14(2,3)21(19)17-12(8-13(18)20-4)9-5-10(15)7-11(16)6-9/h5-7,12,17H,8H2,1-4H3/t12-,21?/m0/s1. The Morgan fingerprint density at radius 1 is 1.43 bits per heavy atom. The molecule has 0 bridgehead atoms. The molecule has 1 aromatic rings. The highest BCUT2D eigenvalue weighted by atomic mass is 127. The number of benzene rings is 1. The number of methoxy groups -OCH3 is 1. The zero-order valence-corrected chi connectivity index (χ0v) is 17.0. The van der Waals surface area contributed by atoms with Crippen molar-refractivity contribution in [2.45, 2.75) is 38.0 Å². The Hall–Kier alpha value is 0.01000. The van der Waals surface area contributed by atoms with E-state index in [0.29, 0.717) is 0 Å². The summed E-state index contributed by atoms with van der Waals surface area (Å²) in [6, 6.07) is 5.50. The number of rotatable bonds is 5. The molecule has 0 amide bonds. The largest absolute Gasteiger partial charge is 0.469 e. The number of halogens is 2. The summed E-state index contributed by atoms with van der Waals surface area (Å²) >= 11 is 5.65. The van der Waals surface area contributed by atoms with Gasteiger partial charge >= 0.3 is 5.97 Å². The average molecular weight is 488 g/mol. The van der Waals surface area contributed by atoms with E-state index in [1.165, 1.54) is 7.11 Å². The molecule has 0 aliphatic rings. The second-order valence-electron chi connectivity index (χ2n) is 5.53. The molecule has 118 valence electrons. The topological polar surface area (TPSA) is 55.4 Å². The minimum atomic E-state index is -1.28. The molecule has 1 N–H and O–H groups in total. The number of hydrogen-bond acceptors (Lipinski definition) is 3. The van der Waals surface area contributed by atoms with Crippen molar-refractivity contribution in [1.29, 1.82) is 0 Å². The number of carbonyl (C=O) groups is 1. The third kappa shape index (κ3) is 6.33. The van der Waals surface area contributed by atoms with Crippen LogP contribution in [0.1, 0.15) is 38.8 Å². The molecule has 0 aliphatic heterocycles. The summed E-state index contributed by atoms with van der Waals surface area (Å²) in [5, 5.41) is 0. The molecule has 0 fully saturated rings. The SMILES string of the molecule is COC(=O)C[C@H](NS(=O)C(C)(C)C)c1cc(Br)cc(I)c1. The summed E-state index contributed by atoms with van der Waals surface area (Å²) in [5.74, 6) is -0.339. The zero-order chi connectivity index (χ0) is 16.2. The summed E-state index contributed by atoms with van der Waals surface area (Å²) in [6.07, 6.45) is 0.130. The molecule has 0 heterocycles. The zero-order valence-electron chi connectivity index (χ0n) is 12.4. The lowest BCUT2D eigenvalue weighted by Gasteiger charge is -2.24.